The molecule has 1 spiro atoms. The Morgan fingerprint density at radius 3 is 2.40 bits per heavy atom. The highest BCUT2D eigenvalue weighted by atomic mass is 32.2. The number of hydrogen-bond acceptors (Lipinski definition) is 6. The summed E-state index contributed by atoms with van der Waals surface area (Å²) in [7, 11) is -6.85. The van der Waals surface area contributed by atoms with E-state index >= 15 is 0 Å². The van der Waals surface area contributed by atoms with Gasteiger partial charge in [0.2, 0.25) is 20.0 Å². The lowest BCUT2D eigenvalue weighted by molar-refractivity contribution is 0.00605. The van der Waals surface area contributed by atoms with Crippen molar-refractivity contribution in [2.45, 2.75) is 30.9 Å². The summed E-state index contributed by atoms with van der Waals surface area (Å²) in [6.07, 6.45) is 4.28. The zero-order valence-corrected chi connectivity index (χ0v) is 15.8. The predicted octanol–water partition coefficient (Wildman–Crippen LogP) is 0.553. The molecule has 0 aliphatic carbocycles. The number of rotatable bonds is 4. The van der Waals surface area contributed by atoms with Crippen molar-refractivity contribution in [2.75, 3.05) is 30.3 Å². The molecule has 3 rings (SSSR count). The maximum absolute atomic E-state index is 11.8. The van der Waals surface area contributed by atoms with Gasteiger partial charge in [-0.2, -0.15) is 0 Å². The molecule has 0 radical (unpaired) electrons. The molecule has 1 aromatic carbocycles. The molecule has 0 aromatic heterocycles. The first-order valence-electron chi connectivity index (χ1n) is 8.04. The highest BCUT2D eigenvalue weighted by Gasteiger charge is 2.42. The molecule has 1 aromatic rings. The third kappa shape index (κ3) is 4.63. The van der Waals surface area contributed by atoms with Crippen molar-refractivity contribution in [1.29, 1.82) is 0 Å². The zero-order chi connectivity index (χ0) is 18.3. The smallest absolute Gasteiger partial charge is 0.229 e. The van der Waals surface area contributed by atoms with Gasteiger partial charge in [0.05, 0.1) is 18.6 Å². The van der Waals surface area contributed by atoms with E-state index in [0.29, 0.717) is 23.4 Å². The summed E-state index contributed by atoms with van der Waals surface area (Å²) in [5.41, 5.74) is 0.612. The summed E-state index contributed by atoms with van der Waals surface area (Å²) < 4.78 is 57.9. The molecule has 0 amide bonds. The molecule has 2 aliphatic heterocycles. The van der Waals surface area contributed by atoms with Crippen LogP contribution >= 0.6 is 0 Å². The van der Waals surface area contributed by atoms with Crippen LogP contribution in [0.5, 0.6) is 5.75 Å². The molecule has 8 nitrogen and oxygen atoms in total. The summed E-state index contributed by atoms with van der Waals surface area (Å²) >= 11 is 0. The summed E-state index contributed by atoms with van der Waals surface area (Å²) in [5, 5.41) is 3.28. The van der Waals surface area contributed by atoms with Crippen molar-refractivity contribution in [2.24, 2.45) is 0 Å². The van der Waals surface area contributed by atoms with Gasteiger partial charge in [-0.25, -0.2) is 21.6 Å². The monoisotopic (exact) mass is 389 g/mol. The molecular weight excluding hydrogens is 366 g/mol. The zero-order valence-electron chi connectivity index (χ0n) is 14.2. The van der Waals surface area contributed by atoms with E-state index in [-0.39, 0.29) is 0 Å². The van der Waals surface area contributed by atoms with Gasteiger partial charge in [0.15, 0.2) is 0 Å². The second kappa shape index (κ2) is 6.42. The van der Waals surface area contributed by atoms with Gasteiger partial charge < -0.3 is 10.1 Å². The molecule has 0 bridgehead atoms. The standard InChI is InChI=1S/C15H23N3O5S2/c1-24(19,20)17-11-3-4-14-12(9-11)13(18-25(2,21)22)10-15(23-14)5-7-16-8-6-15/h3-4,9,13,16-18H,5-8,10H2,1-2H3. The minimum absolute atomic E-state index is 0.381. The molecule has 1 saturated heterocycles. The Morgan fingerprint density at radius 1 is 1.12 bits per heavy atom. The molecule has 25 heavy (non-hydrogen) atoms. The fourth-order valence-corrected chi connectivity index (χ4v) is 4.78. The summed E-state index contributed by atoms with van der Waals surface area (Å²) in [4.78, 5) is 0. The van der Waals surface area contributed by atoms with Crippen LogP contribution in [-0.2, 0) is 20.0 Å². The fraction of sp³-hybridized carbons (Fsp3) is 0.600. The Morgan fingerprint density at radius 2 is 1.80 bits per heavy atom. The second-order valence-electron chi connectivity index (χ2n) is 6.81. The Hall–Kier alpha value is -1.36. The fourth-order valence-electron chi connectivity index (χ4n) is 3.50. The lowest BCUT2D eigenvalue weighted by Gasteiger charge is -2.44. The average Bonchev–Trinajstić information content (AvgIpc) is 2.45. The van der Waals surface area contributed by atoms with Gasteiger partial charge in [-0.1, -0.05) is 0 Å². The van der Waals surface area contributed by atoms with E-state index in [1.807, 2.05) is 0 Å². The highest BCUT2D eigenvalue weighted by molar-refractivity contribution is 7.92. The van der Waals surface area contributed by atoms with E-state index < -0.39 is 31.7 Å². The Balaban J connectivity index is 1.99. The lowest BCUT2D eigenvalue weighted by atomic mass is 9.81. The van der Waals surface area contributed by atoms with Crippen LogP contribution in [0.15, 0.2) is 18.2 Å². The second-order valence-corrected chi connectivity index (χ2v) is 10.3. The van der Waals surface area contributed by atoms with Crippen LogP contribution in [0.25, 0.3) is 0 Å². The molecule has 1 fully saturated rings. The maximum atomic E-state index is 11.8. The van der Waals surface area contributed by atoms with Crippen molar-refractivity contribution in [3.8, 4) is 5.75 Å². The van der Waals surface area contributed by atoms with Crippen molar-refractivity contribution in [3.63, 3.8) is 0 Å². The lowest BCUT2D eigenvalue weighted by Crippen LogP contribution is -2.51. The number of ether oxygens (including phenoxy) is 1. The van der Waals surface area contributed by atoms with Crippen molar-refractivity contribution >= 4 is 25.7 Å². The first-order chi connectivity index (χ1) is 11.6. The van der Waals surface area contributed by atoms with Crippen molar-refractivity contribution in [1.82, 2.24) is 10.0 Å². The van der Waals surface area contributed by atoms with E-state index in [4.69, 9.17) is 4.74 Å². The largest absolute Gasteiger partial charge is 0.487 e. The van der Waals surface area contributed by atoms with Crippen LogP contribution in [0.1, 0.15) is 30.9 Å². The minimum Gasteiger partial charge on any atom is -0.487 e. The number of benzene rings is 1. The summed E-state index contributed by atoms with van der Waals surface area (Å²) in [6.45, 7) is 1.63. The Kier molecular flexibility index (Phi) is 4.73. The number of piperidine rings is 1. The quantitative estimate of drug-likeness (QED) is 0.693. The van der Waals surface area contributed by atoms with Crippen molar-refractivity contribution < 1.29 is 21.6 Å². The van der Waals surface area contributed by atoms with Crippen LogP contribution in [0.4, 0.5) is 5.69 Å². The third-order valence-corrected chi connectivity index (χ3v) is 5.78. The maximum Gasteiger partial charge on any atom is 0.229 e. The Bertz CT molecular complexity index is 861. The topological polar surface area (TPSA) is 114 Å². The van der Waals surface area contributed by atoms with E-state index in [1.54, 1.807) is 18.2 Å². The molecular formula is C15H23N3O5S2. The van der Waals surface area contributed by atoms with Crippen LogP contribution in [0.3, 0.4) is 0 Å². The highest BCUT2D eigenvalue weighted by Crippen LogP contribution is 2.44. The number of fused-ring (bicyclic) bond motifs is 1. The van der Waals surface area contributed by atoms with E-state index in [9.17, 15) is 16.8 Å². The van der Waals surface area contributed by atoms with Gasteiger partial charge in [0.25, 0.3) is 0 Å². The van der Waals surface area contributed by atoms with Gasteiger partial charge in [-0.05, 0) is 44.1 Å². The van der Waals surface area contributed by atoms with E-state index in [0.717, 1.165) is 38.4 Å². The number of sulfonamides is 2. The van der Waals surface area contributed by atoms with Crippen LogP contribution in [-0.4, -0.2) is 48.0 Å². The van der Waals surface area contributed by atoms with E-state index in [1.165, 1.54) is 0 Å². The van der Waals surface area contributed by atoms with Crippen molar-refractivity contribution in [3.05, 3.63) is 23.8 Å². The minimum atomic E-state index is -3.43. The SMILES string of the molecule is CS(=O)(=O)Nc1ccc2c(c1)C(NS(C)(=O)=O)CC1(CCNCC1)O2. The van der Waals surface area contributed by atoms with Gasteiger partial charge in [-0.3, -0.25) is 4.72 Å². The number of anilines is 1. The van der Waals surface area contributed by atoms with Gasteiger partial charge in [0.1, 0.15) is 11.4 Å². The number of hydrogen-bond donors (Lipinski definition) is 3. The third-order valence-electron chi connectivity index (χ3n) is 4.46. The molecule has 2 aliphatic rings. The molecule has 1 atom stereocenters. The van der Waals surface area contributed by atoms with Gasteiger partial charge in [0, 0.05) is 17.7 Å². The first kappa shape index (κ1) is 18.4. The Labute approximate surface area is 148 Å². The normalized spacial score (nSPS) is 22.9. The molecule has 0 saturated carbocycles. The summed E-state index contributed by atoms with van der Waals surface area (Å²) in [5.74, 6) is 0.591. The first-order valence-corrected chi connectivity index (χ1v) is 11.8. The summed E-state index contributed by atoms with van der Waals surface area (Å²) in [6, 6.07) is 4.49. The number of nitrogens with one attached hydrogen (secondary N) is 3. The molecule has 10 heteroatoms. The van der Waals surface area contributed by atoms with Crippen LogP contribution in [0, 0.1) is 0 Å². The van der Waals surface area contributed by atoms with Gasteiger partial charge in [-0.15, -0.1) is 0 Å². The predicted molar refractivity (Wildman–Crippen MR) is 95.7 cm³/mol. The molecule has 2 heterocycles. The molecule has 140 valence electrons. The van der Waals surface area contributed by atoms with Crippen LogP contribution in [0.2, 0.25) is 0 Å². The molecule has 3 N–H and O–H groups in total. The average molecular weight is 389 g/mol. The van der Waals surface area contributed by atoms with E-state index in [2.05, 4.69) is 14.8 Å². The van der Waals surface area contributed by atoms with Gasteiger partial charge >= 0.3 is 0 Å². The molecule has 1 unspecified atom stereocenters. The van der Waals surface area contributed by atoms with Crippen LogP contribution < -0.4 is 19.5 Å².